The van der Waals surface area contributed by atoms with E-state index in [4.69, 9.17) is 5.11 Å². The van der Waals surface area contributed by atoms with Crippen molar-refractivity contribution in [3.8, 4) is 0 Å². The molecule has 1 fully saturated rings. The molecule has 0 saturated carbocycles. The van der Waals surface area contributed by atoms with E-state index in [1.807, 2.05) is 12.3 Å². The third kappa shape index (κ3) is 2.31. The number of H-pyrrole nitrogens is 1. The summed E-state index contributed by atoms with van der Waals surface area (Å²) in [4.78, 5) is 23.7. The van der Waals surface area contributed by atoms with E-state index in [0.29, 0.717) is 13.1 Å². The number of aromatic nitrogens is 3. The van der Waals surface area contributed by atoms with E-state index in [9.17, 15) is 4.79 Å². The standard InChI is InChI=1S/C12H15N5O2/c18-12(19)17-5-2-8(3-6-17)16-11-9-1-4-13-10(9)14-7-15-11/h1,4,7-8H,2-3,5-6H2,(H,18,19)(H2,13,14,15,16). The Morgan fingerprint density at radius 3 is 2.95 bits per heavy atom. The van der Waals surface area contributed by atoms with E-state index in [2.05, 4.69) is 20.3 Å². The second kappa shape index (κ2) is 4.75. The number of likely N-dealkylation sites (tertiary alicyclic amines) is 1. The van der Waals surface area contributed by atoms with Gasteiger partial charge in [0.2, 0.25) is 0 Å². The topological polar surface area (TPSA) is 94.1 Å². The molecule has 7 nitrogen and oxygen atoms in total. The second-order valence-electron chi connectivity index (χ2n) is 4.65. The van der Waals surface area contributed by atoms with Crippen molar-refractivity contribution in [2.45, 2.75) is 18.9 Å². The molecular formula is C12H15N5O2. The molecule has 3 heterocycles. The number of amides is 1. The van der Waals surface area contributed by atoms with Gasteiger partial charge in [0, 0.05) is 25.3 Å². The average Bonchev–Trinajstić information content (AvgIpc) is 2.89. The van der Waals surface area contributed by atoms with Gasteiger partial charge in [0.25, 0.3) is 0 Å². The molecule has 3 rings (SSSR count). The van der Waals surface area contributed by atoms with Crippen LogP contribution >= 0.6 is 0 Å². The molecule has 0 unspecified atom stereocenters. The van der Waals surface area contributed by atoms with Gasteiger partial charge in [-0.15, -0.1) is 0 Å². The zero-order chi connectivity index (χ0) is 13.2. The predicted octanol–water partition coefficient (Wildman–Crippen LogP) is 1.51. The highest BCUT2D eigenvalue weighted by Crippen LogP contribution is 2.21. The number of nitrogens with one attached hydrogen (secondary N) is 2. The fourth-order valence-corrected chi connectivity index (χ4v) is 2.40. The summed E-state index contributed by atoms with van der Waals surface area (Å²) in [6, 6.07) is 2.19. The van der Waals surface area contributed by atoms with Gasteiger partial charge in [0.1, 0.15) is 17.8 Å². The molecule has 7 heteroatoms. The molecule has 1 saturated heterocycles. The molecule has 1 aliphatic heterocycles. The maximum absolute atomic E-state index is 10.8. The van der Waals surface area contributed by atoms with Crippen molar-refractivity contribution < 1.29 is 9.90 Å². The van der Waals surface area contributed by atoms with Crippen LogP contribution in [0.3, 0.4) is 0 Å². The molecule has 1 amide bonds. The third-order valence-corrected chi connectivity index (χ3v) is 3.46. The maximum Gasteiger partial charge on any atom is 0.407 e. The van der Waals surface area contributed by atoms with Crippen LogP contribution in [0.15, 0.2) is 18.6 Å². The summed E-state index contributed by atoms with van der Waals surface area (Å²) in [6.45, 7) is 1.13. The largest absolute Gasteiger partial charge is 0.465 e. The number of aromatic amines is 1. The summed E-state index contributed by atoms with van der Waals surface area (Å²) >= 11 is 0. The number of nitrogens with zero attached hydrogens (tertiary/aromatic N) is 3. The van der Waals surface area contributed by atoms with Crippen LogP contribution in [0.2, 0.25) is 0 Å². The minimum atomic E-state index is -0.839. The van der Waals surface area contributed by atoms with Gasteiger partial charge in [0.05, 0.1) is 5.39 Å². The van der Waals surface area contributed by atoms with Crippen molar-refractivity contribution in [3.63, 3.8) is 0 Å². The lowest BCUT2D eigenvalue weighted by Gasteiger charge is -2.30. The zero-order valence-electron chi connectivity index (χ0n) is 10.3. The lowest BCUT2D eigenvalue weighted by molar-refractivity contribution is 0.134. The van der Waals surface area contributed by atoms with Gasteiger partial charge in [-0.25, -0.2) is 14.8 Å². The van der Waals surface area contributed by atoms with Crippen LogP contribution in [-0.4, -0.2) is 50.2 Å². The molecule has 0 aromatic carbocycles. The summed E-state index contributed by atoms with van der Waals surface area (Å²) < 4.78 is 0. The quantitative estimate of drug-likeness (QED) is 0.761. The highest BCUT2D eigenvalue weighted by Gasteiger charge is 2.22. The first-order chi connectivity index (χ1) is 9.24. The smallest absolute Gasteiger partial charge is 0.407 e. The Balaban J connectivity index is 1.69. The number of hydrogen-bond acceptors (Lipinski definition) is 4. The third-order valence-electron chi connectivity index (χ3n) is 3.46. The van der Waals surface area contributed by atoms with Crippen LogP contribution in [0.25, 0.3) is 11.0 Å². The molecule has 100 valence electrons. The first-order valence-corrected chi connectivity index (χ1v) is 6.26. The Kier molecular flexibility index (Phi) is 2.94. The fourth-order valence-electron chi connectivity index (χ4n) is 2.40. The first kappa shape index (κ1) is 11.8. The minimum absolute atomic E-state index is 0.253. The molecule has 0 radical (unpaired) electrons. The number of fused-ring (bicyclic) bond motifs is 1. The van der Waals surface area contributed by atoms with Gasteiger partial charge in [-0.1, -0.05) is 0 Å². The van der Waals surface area contributed by atoms with Gasteiger partial charge in [-0.3, -0.25) is 0 Å². The number of anilines is 1. The summed E-state index contributed by atoms with van der Waals surface area (Å²) in [5.41, 5.74) is 0.806. The normalized spacial score (nSPS) is 16.7. The van der Waals surface area contributed by atoms with E-state index >= 15 is 0 Å². The molecule has 2 aromatic rings. The monoisotopic (exact) mass is 261 g/mol. The van der Waals surface area contributed by atoms with Crippen molar-refractivity contribution in [2.24, 2.45) is 0 Å². The molecule has 1 aliphatic rings. The molecule has 0 atom stereocenters. The number of piperidine rings is 1. The van der Waals surface area contributed by atoms with E-state index in [1.165, 1.54) is 11.2 Å². The van der Waals surface area contributed by atoms with Crippen molar-refractivity contribution in [3.05, 3.63) is 18.6 Å². The molecule has 0 spiro atoms. The molecule has 2 aromatic heterocycles. The molecule has 0 bridgehead atoms. The number of carboxylic acid groups (broad SMARTS) is 1. The molecular weight excluding hydrogens is 246 g/mol. The maximum atomic E-state index is 10.8. The Hall–Kier alpha value is -2.31. The second-order valence-corrected chi connectivity index (χ2v) is 4.65. The van der Waals surface area contributed by atoms with Crippen LogP contribution < -0.4 is 5.32 Å². The van der Waals surface area contributed by atoms with Gasteiger partial charge >= 0.3 is 6.09 Å². The van der Waals surface area contributed by atoms with E-state index in [1.54, 1.807) is 0 Å². The van der Waals surface area contributed by atoms with Crippen LogP contribution in [0, 0.1) is 0 Å². The summed E-state index contributed by atoms with van der Waals surface area (Å²) in [7, 11) is 0. The first-order valence-electron chi connectivity index (χ1n) is 6.26. The van der Waals surface area contributed by atoms with Crippen LogP contribution in [0.4, 0.5) is 10.6 Å². The van der Waals surface area contributed by atoms with Crippen molar-refractivity contribution in [1.82, 2.24) is 19.9 Å². The van der Waals surface area contributed by atoms with Gasteiger partial charge in [-0.2, -0.15) is 0 Å². The number of rotatable bonds is 2. The molecule has 19 heavy (non-hydrogen) atoms. The highest BCUT2D eigenvalue weighted by molar-refractivity contribution is 5.86. The minimum Gasteiger partial charge on any atom is -0.465 e. The SMILES string of the molecule is O=C(O)N1CCC(Nc2ncnc3[nH]ccc23)CC1. The zero-order valence-corrected chi connectivity index (χ0v) is 10.3. The Morgan fingerprint density at radius 1 is 1.42 bits per heavy atom. The van der Waals surface area contributed by atoms with Crippen molar-refractivity contribution in [2.75, 3.05) is 18.4 Å². The summed E-state index contributed by atoms with van der Waals surface area (Å²) in [6.07, 6.45) is 4.10. The van der Waals surface area contributed by atoms with E-state index in [-0.39, 0.29) is 6.04 Å². The van der Waals surface area contributed by atoms with E-state index in [0.717, 1.165) is 29.7 Å². The van der Waals surface area contributed by atoms with Crippen LogP contribution in [0.1, 0.15) is 12.8 Å². The lowest BCUT2D eigenvalue weighted by atomic mass is 10.1. The number of carbonyl (C=O) groups is 1. The number of hydrogen-bond donors (Lipinski definition) is 3. The van der Waals surface area contributed by atoms with Crippen molar-refractivity contribution >= 4 is 22.9 Å². The summed E-state index contributed by atoms with van der Waals surface area (Å²) in [5.74, 6) is 0.806. The highest BCUT2D eigenvalue weighted by atomic mass is 16.4. The van der Waals surface area contributed by atoms with Crippen molar-refractivity contribution in [1.29, 1.82) is 0 Å². The lowest BCUT2D eigenvalue weighted by Crippen LogP contribution is -2.41. The molecule has 3 N–H and O–H groups in total. The van der Waals surface area contributed by atoms with E-state index < -0.39 is 6.09 Å². The van der Waals surface area contributed by atoms with Gasteiger partial charge < -0.3 is 20.3 Å². The Morgan fingerprint density at radius 2 is 2.21 bits per heavy atom. The average molecular weight is 261 g/mol. The van der Waals surface area contributed by atoms with Gasteiger partial charge in [0.15, 0.2) is 0 Å². The molecule has 0 aliphatic carbocycles. The van der Waals surface area contributed by atoms with Gasteiger partial charge in [-0.05, 0) is 18.9 Å². The Bertz CT molecular complexity index is 589. The van der Waals surface area contributed by atoms with Crippen LogP contribution in [0.5, 0.6) is 0 Å². The fraction of sp³-hybridized carbons (Fsp3) is 0.417. The van der Waals surface area contributed by atoms with Crippen LogP contribution in [-0.2, 0) is 0 Å². The summed E-state index contributed by atoms with van der Waals surface area (Å²) in [5, 5.41) is 13.2. The Labute approximate surface area is 109 Å². The predicted molar refractivity (Wildman–Crippen MR) is 70.1 cm³/mol.